The maximum Gasteiger partial charge on any atom is 0.419 e. The second-order valence-corrected chi connectivity index (χ2v) is 4.29. The van der Waals surface area contributed by atoms with Crippen LogP contribution in [0, 0.1) is 17.5 Å². The van der Waals surface area contributed by atoms with Gasteiger partial charge in [-0.05, 0) is 24.3 Å². The first-order chi connectivity index (χ1) is 10.7. The van der Waals surface area contributed by atoms with E-state index in [-0.39, 0.29) is 11.4 Å². The SMILES string of the molecule is COc1c(ONc2ccc(C(F)(F)F)c(F)c2)ccc(F)c1F. The fraction of sp³-hybridized carbons (Fsp3) is 0.143. The van der Waals surface area contributed by atoms with Crippen molar-refractivity contribution < 1.29 is 35.9 Å². The maximum atomic E-state index is 13.4. The number of hydrogen-bond acceptors (Lipinski definition) is 3. The van der Waals surface area contributed by atoms with E-state index in [0.29, 0.717) is 12.1 Å². The molecule has 0 unspecified atom stereocenters. The number of rotatable bonds is 4. The summed E-state index contributed by atoms with van der Waals surface area (Å²) in [6, 6.07) is 3.78. The van der Waals surface area contributed by atoms with Crippen LogP contribution in [0.5, 0.6) is 11.5 Å². The average Bonchev–Trinajstić information content (AvgIpc) is 2.47. The fourth-order valence-corrected chi connectivity index (χ4v) is 1.71. The quantitative estimate of drug-likeness (QED) is 0.656. The lowest BCUT2D eigenvalue weighted by Gasteiger charge is -2.13. The van der Waals surface area contributed by atoms with Crippen LogP contribution in [0.2, 0.25) is 0 Å². The zero-order valence-electron chi connectivity index (χ0n) is 11.5. The number of hydrogen-bond donors (Lipinski definition) is 1. The molecule has 0 spiro atoms. The van der Waals surface area contributed by atoms with Crippen molar-refractivity contribution in [1.82, 2.24) is 0 Å². The van der Waals surface area contributed by atoms with E-state index < -0.39 is 34.9 Å². The van der Waals surface area contributed by atoms with Gasteiger partial charge < -0.3 is 9.57 Å². The second kappa shape index (κ2) is 6.27. The molecule has 124 valence electrons. The highest BCUT2D eigenvalue weighted by Crippen LogP contribution is 2.34. The van der Waals surface area contributed by atoms with E-state index in [1.54, 1.807) is 0 Å². The van der Waals surface area contributed by atoms with Crippen LogP contribution >= 0.6 is 0 Å². The zero-order valence-corrected chi connectivity index (χ0v) is 11.5. The maximum absolute atomic E-state index is 13.4. The number of methoxy groups -OCH3 is 1. The lowest BCUT2D eigenvalue weighted by atomic mass is 10.2. The molecule has 9 heteroatoms. The minimum atomic E-state index is -4.83. The molecule has 3 nitrogen and oxygen atoms in total. The van der Waals surface area contributed by atoms with Crippen LogP contribution in [-0.4, -0.2) is 7.11 Å². The number of anilines is 1. The van der Waals surface area contributed by atoms with Crippen molar-refractivity contribution in [2.24, 2.45) is 0 Å². The molecule has 0 radical (unpaired) electrons. The molecule has 2 rings (SSSR count). The largest absolute Gasteiger partial charge is 0.490 e. The van der Waals surface area contributed by atoms with Crippen LogP contribution < -0.4 is 15.1 Å². The van der Waals surface area contributed by atoms with Gasteiger partial charge in [0.15, 0.2) is 11.6 Å². The molecular weight excluding hydrogens is 328 g/mol. The molecule has 0 aliphatic rings. The predicted octanol–water partition coefficient (Wildman–Crippen LogP) is 4.54. The molecule has 2 aromatic carbocycles. The molecule has 2 aromatic rings. The van der Waals surface area contributed by atoms with Crippen LogP contribution in [0.3, 0.4) is 0 Å². The monoisotopic (exact) mass is 337 g/mol. The lowest BCUT2D eigenvalue weighted by Crippen LogP contribution is -2.10. The van der Waals surface area contributed by atoms with Gasteiger partial charge in [-0.1, -0.05) is 0 Å². The molecule has 0 aliphatic carbocycles. The van der Waals surface area contributed by atoms with Crippen LogP contribution in [-0.2, 0) is 6.18 Å². The van der Waals surface area contributed by atoms with Crippen molar-refractivity contribution >= 4 is 5.69 Å². The van der Waals surface area contributed by atoms with Crippen molar-refractivity contribution in [3.8, 4) is 11.5 Å². The van der Waals surface area contributed by atoms with Gasteiger partial charge in [0, 0.05) is 6.07 Å². The highest BCUT2D eigenvalue weighted by atomic mass is 19.4. The number of benzene rings is 2. The Balaban J connectivity index is 2.19. The van der Waals surface area contributed by atoms with Gasteiger partial charge in [0.2, 0.25) is 11.6 Å². The van der Waals surface area contributed by atoms with Crippen LogP contribution in [0.4, 0.5) is 32.0 Å². The first kappa shape index (κ1) is 16.8. The summed E-state index contributed by atoms with van der Waals surface area (Å²) in [7, 11) is 1.07. The predicted molar refractivity (Wildman–Crippen MR) is 68.6 cm³/mol. The highest BCUT2D eigenvalue weighted by molar-refractivity contribution is 5.47. The summed E-state index contributed by atoms with van der Waals surface area (Å²) in [6.07, 6.45) is -4.83. The molecule has 23 heavy (non-hydrogen) atoms. The third kappa shape index (κ3) is 3.61. The van der Waals surface area contributed by atoms with E-state index >= 15 is 0 Å². The van der Waals surface area contributed by atoms with Gasteiger partial charge in [-0.3, -0.25) is 0 Å². The molecule has 0 bridgehead atoms. The lowest BCUT2D eigenvalue weighted by molar-refractivity contribution is -0.139. The van der Waals surface area contributed by atoms with Crippen LogP contribution in [0.15, 0.2) is 30.3 Å². The van der Waals surface area contributed by atoms with Gasteiger partial charge >= 0.3 is 6.18 Å². The Morgan fingerprint density at radius 3 is 2.22 bits per heavy atom. The topological polar surface area (TPSA) is 30.5 Å². The number of ether oxygens (including phenoxy) is 1. The average molecular weight is 337 g/mol. The van der Waals surface area contributed by atoms with Gasteiger partial charge in [0.25, 0.3) is 0 Å². The number of alkyl halides is 3. The molecule has 0 aromatic heterocycles. The van der Waals surface area contributed by atoms with Crippen LogP contribution in [0.1, 0.15) is 5.56 Å². The molecule has 0 saturated carbocycles. The summed E-state index contributed by atoms with van der Waals surface area (Å²) in [5.74, 6) is -4.81. The molecule has 0 heterocycles. The molecule has 0 aliphatic heterocycles. The van der Waals surface area contributed by atoms with E-state index in [1.807, 2.05) is 0 Å². The molecular formula is C14H9F6NO2. The van der Waals surface area contributed by atoms with Crippen LogP contribution in [0.25, 0.3) is 0 Å². The van der Waals surface area contributed by atoms with Crippen molar-refractivity contribution in [2.45, 2.75) is 6.18 Å². The highest BCUT2D eigenvalue weighted by Gasteiger charge is 2.33. The Hall–Kier alpha value is -2.58. The van der Waals surface area contributed by atoms with E-state index in [0.717, 1.165) is 25.3 Å². The Morgan fingerprint density at radius 2 is 1.65 bits per heavy atom. The van der Waals surface area contributed by atoms with Crippen molar-refractivity contribution in [2.75, 3.05) is 12.6 Å². The van der Waals surface area contributed by atoms with Crippen molar-refractivity contribution in [3.05, 3.63) is 53.3 Å². The summed E-state index contributed by atoms with van der Waals surface area (Å²) < 4.78 is 81.8. The minimum Gasteiger partial charge on any atom is -0.490 e. The van der Waals surface area contributed by atoms with Crippen molar-refractivity contribution in [3.63, 3.8) is 0 Å². The summed E-state index contributed by atoms with van der Waals surface area (Å²) in [5, 5.41) is 0. The van der Waals surface area contributed by atoms with Gasteiger partial charge in [0.05, 0.1) is 18.4 Å². The smallest absolute Gasteiger partial charge is 0.419 e. The molecule has 0 saturated heterocycles. The van der Waals surface area contributed by atoms with E-state index in [4.69, 9.17) is 4.84 Å². The zero-order chi connectivity index (χ0) is 17.2. The molecule has 1 N–H and O–H groups in total. The third-order valence-electron chi connectivity index (χ3n) is 2.77. The van der Waals surface area contributed by atoms with Crippen molar-refractivity contribution in [1.29, 1.82) is 0 Å². The van der Waals surface area contributed by atoms with Gasteiger partial charge in [0.1, 0.15) is 5.82 Å². The Morgan fingerprint density at radius 1 is 0.957 bits per heavy atom. The standard InChI is InChI=1S/C14H9F6NO2/c1-22-13-11(5-4-9(15)12(13)17)23-21-7-2-3-8(10(16)6-7)14(18,19)20/h2-6,21H,1H3. The van der Waals surface area contributed by atoms with Gasteiger partial charge in [-0.15, -0.1) is 0 Å². The molecule has 0 amide bonds. The molecule has 0 fully saturated rings. The van der Waals surface area contributed by atoms with Gasteiger partial charge in [-0.25, -0.2) is 14.3 Å². The first-order valence-electron chi connectivity index (χ1n) is 6.05. The third-order valence-corrected chi connectivity index (χ3v) is 2.77. The van der Waals surface area contributed by atoms with E-state index in [9.17, 15) is 26.3 Å². The minimum absolute atomic E-state index is 0.165. The fourth-order valence-electron chi connectivity index (χ4n) is 1.71. The summed E-state index contributed by atoms with van der Waals surface area (Å²) in [4.78, 5) is 4.90. The summed E-state index contributed by atoms with van der Waals surface area (Å²) >= 11 is 0. The number of halogens is 6. The summed E-state index contributed by atoms with van der Waals surface area (Å²) in [6.45, 7) is 0. The first-order valence-corrected chi connectivity index (χ1v) is 6.05. The van der Waals surface area contributed by atoms with E-state index in [1.165, 1.54) is 0 Å². The Kier molecular flexibility index (Phi) is 4.57. The Bertz CT molecular complexity index is 717. The Labute approximate surface area is 126 Å². The molecule has 0 atom stereocenters. The van der Waals surface area contributed by atoms with Gasteiger partial charge in [-0.2, -0.15) is 17.6 Å². The second-order valence-electron chi connectivity index (χ2n) is 4.29. The number of nitrogens with one attached hydrogen (secondary N) is 1. The normalized spacial score (nSPS) is 11.3. The van der Waals surface area contributed by atoms with E-state index in [2.05, 4.69) is 10.2 Å². The summed E-state index contributed by atoms with van der Waals surface area (Å²) in [5.41, 5.74) is 0.524.